The largest absolute Gasteiger partial charge is 0.497 e. The summed E-state index contributed by atoms with van der Waals surface area (Å²) in [5.74, 6) is -1.23. The second-order valence-electron chi connectivity index (χ2n) is 5.18. The van der Waals surface area contributed by atoms with Gasteiger partial charge in [0.05, 0.1) is 13.5 Å². The molecule has 2 aromatic rings. The van der Waals surface area contributed by atoms with Crippen molar-refractivity contribution in [1.29, 1.82) is 0 Å². The van der Waals surface area contributed by atoms with Crippen molar-refractivity contribution in [2.24, 2.45) is 7.05 Å². The molecule has 1 heterocycles. The number of anilines is 1. The molecule has 2 N–H and O–H groups in total. The molecule has 0 bridgehead atoms. The highest BCUT2D eigenvalue weighted by Crippen LogP contribution is 2.40. The van der Waals surface area contributed by atoms with Crippen LogP contribution in [0.3, 0.4) is 0 Å². The van der Waals surface area contributed by atoms with Crippen molar-refractivity contribution < 1.29 is 27.8 Å². The standard InChI is InChI=1S/C15H16F3N3O3/c1-21-7-6-19-13(21)14(23,15(16,17)18)9-12(22)20-10-4-3-5-11(8-10)24-2/h3-8,23H,9H2,1-2H3,(H,20,22)/t14-/m0/s1. The third kappa shape index (κ3) is 3.51. The van der Waals surface area contributed by atoms with Crippen LogP contribution in [0.15, 0.2) is 36.7 Å². The second-order valence-corrected chi connectivity index (χ2v) is 5.18. The van der Waals surface area contributed by atoms with Crippen molar-refractivity contribution in [2.75, 3.05) is 12.4 Å². The molecule has 0 aliphatic carbocycles. The summed E-state index contributed by atoms with van der Waals surface area (Å²) in [6.45, 7) is 0. The minimum Gasteiger partial charge on any atom is -0.497 e. The minimum atomic E-state index is -5.07. The Labute approximate surface area is 135 Å². The van der Waals surface area contributed by atoms with E-state index in [0.29, 0.717) is 5.75 Å². The van der Waals surface area contributed by atoms with Crippen LogP contribution in [0.25, 0.3) is 0 Å². The summed E-state index contributed by atoms with van der Waals surface area (Å²) in [4.78, 5) is 15.6. The predicted molar refractivity (Wildman–Crippen MR) is 79.4 cm³/mol. The monoisotopic (exact) mass is 343 g/mol. The number of nitrogens with zero attached hydrogens (tertiary/aromatic N) is 2. The maximum atomic E-state index is 13.4. The smallest absolute Gasteiger partial charge is 0.425 e. The van der Waals surface area contributed by atoms with Crippen LogP contribution in [-0.4, -0.2) is 33.9 Å². The van der Waals surface area contributed by atoms with E-state index in [9.17, 15) is 23.1 Å². The summed E-state index contributed by atoms with van der Waals surface area (Å²) >= 11 is 0. The van der Waals surface area contributed by atoms with E-state index in [2.05, 4.69) is 10.3 Å². The van der Waals surface area contributed by atoms with Gasteiger partial charge in [-0.05, 0) is 12.1 Å². The Morgan fingerprint density at radius 1 is 1.42 bits per heavy atom. The summed E-state index contributed by atoms with van der Waals surface area (Å²) < 4.78 is 46.1. The second kappa shape index (κ2) is 6.52. The predicted octanol–water partition coefficient (Wildman–Crippen LogP) is 2.21. The average molecular weight is 343 g/mol. The SMILES string of the molecule is COc1cccc(NC(=O)C[C@](O)(c2nccn2C)C(F)(F)F)c1. The number of rotatable bonds is 5. The third-order valence-electron chi connectivity index (χ3n) is 3.43. The van der Waals surface area contributed by atoms with Gasteiger partial charge < -0.3 is 19.7 Å². The van der Waals surface area contributed by atoms with Gasteiger partial charge in [-0.2, -0.15) is 13.2 Å². The number of imidazole rings is 1. The lowest BCUT2D eigenvalue weighted by atomic mass is 9.97. The molecule has 9 heteroatoms. The lowest BCUT2D eigenvalue weighted by Gasteiger charge is -2.29. The number of aryl methyl sites for hydroxylation is 1. The number of aromatic nitrogens is 2. The molecular formula is C15H16F3N3O3. The van der Waals surface area contributed by atoms with E-state index in [-0.39, 0.29) is 5.69 Å². The number of ether oxygens (including phenoxy) is 1. The fourth-order valence-corrected chi connectivity index (χ4v) is 2.21. The first kappa shape index (κ1) is 17.8. The number of hydrogen-bond donors (Lipinski definition) is 2. The maximum Gasteiger partial charge on any atom is 0.425 e. The third-order valence-corrected chi connectivity index (χ3v) is 3.43. The van der Waals surface area contributed by atoms with Crippen molar-refractivity contribution in [3.05, 3.63) is 42.5 Å². The maximum absolute atomic E-state index is 13.4. The van der Waals surface area contributed by atoms with Crippen LogP contribution in [0, 0.1) is 0 Å². The Kier molecular flexibility index (Phi) is 4.83. The number of alkyl halides is 3. The Bertz CT molecular complexity index is 730. The van der Waals surface area contributed by atoms with E-state index in [1.165, 1.54) is 32.5 Å². The number of nitrogens with one attached hydrogen (secondary N) is 1. The molecule has 0 unspecified atom stereocenters. The minimum absolute atomic E-state index is 0.253. The van der Waals surface area contributed by atoms with Crippen LogP contribution in [-0.2, 0) is 17.4 Å². The van der Waals surface area contributed by atoms with Crippen LogP contribution >= 0.6 is 0 Å². The van der Waals surface area contributed by atoms with Gasteiger partial charge in [0.25, 0.3) is 0 Å². The number of carbonyl (C=O) groups is 1. The molecule has 0 saturated heterocycles. The number of methoxy groups -OCH3 is 1. The van der Waals surface area contributed by atoms with Gasteiger partial charge in [-0.25, -0.2) is 4.98 Å². The van der Waals surface area contributed by atoms with E-state index in [1.54, 1.807) is 12.1 Å². The average Bonchev–Trinajstić information content (AvgIpc) is 2.92. The molecule has 1 aromatic carbocycles. The van der Waals surface area contributed by atoms with Crippen LogP contribution < -0.4 is 10.1 Å². The highest BCUT2D eigenvalue weighted by Gasteiger charge is 2.58. The van der Waals surface area contributed by atoms with Crippen molar-refractivity contribution in [2.45, 2.75) is 18.2 Å². The Morgan fingerprint density at radius 2 is 2.12 bits per heavy atom. The lowest BCUT2D eigenvalue weighted by Crippen LogP contribution is -2.46. The number of aliphatic hydroxyl groups is 1. The highest BCUT2D eigenvalue weighted by atomic mass is 19.4. The number of benzene rings is 1. The van der Waals surface area contributed by atoms with Gasteiger partial charge in [-0.1, -0.05) is 6.07 Å². The molecule has 1 amide bonds. The van der Waals surface area contributed by atoms with Crippen LogP contribution in [0.5, 0.6) is 5.75 Å². The number of hydrogen-bond acceptors (Lipinski definition) is 4. The zero-order chi connectivity index (χ0) is 18.0. The lowest BCUT2D eigenvalue weighted by molar-refractivity contribution is -0.270. The van der Waals surface area contributed by atoms with E-state index in [1.807, 2.05) is 0 Å². The van der Waals surface area contributed by atoms with Gasteiger partial charge in [0, 0.05) is 31.2 Å². The Morgan fingerprint density at radius 3 is 2.67 bits per heavy atom. The number of halogens is 3. The van der Waals surface area contributed by atoms with Gasteiger partial charge in [0.2, 0.25) is 11.5 Å². The molecule has 1 atom stereocenters. The molecule has 1 aromatic heterocycles. The van der Waals surface area contributed by atoms with Gasteiger partial charge in [-0.3, -0.25) is 4.79 Å². The molecule has 0 saturated carbocycles. The normalized spacial score (nSPS) is 14.1. The molecule has 0 fully saturated rings. The molecule has 0 spiro atoms. The first-order valence-corrected chi connectivity index (χ1v) is 6.88. The number of amides is 1. The van der Waals surface area contributed by atoms with E-state index in [4.69, 9.17) is 4.74 Å². The zero-order valence-corrected chi connectivity index (χ0v) is 13.0. The Balaban J connectivity index is 2.24. The molecule has 0 radical (unpaired) electrons. The van der Waals surface area contributed by atoms with E-state index in [0.717, 1.165) is 10.8 Å². The summed E-state index contributed by atoms with van der Waals surface area (Å²) in [7, 11) is 2.73. The zero-order valence-electron chi connectivity index (χ0n) is 13.0. The molecule has 6 nitrogen and oxygen atoms in total. The summed E-state index contributed by atoms with van der Waals surface area (Å²) in [5, 5.41) is 12.5. The number of carbonyl (C=O) groups excluding carboxylic acids is 1. The summed E-state index contributed by atoms with van der Waals surface area (Å²) in [6.07, 6.45) is -3.92. The molecule has 0 aliphatic heterocycles. The van der Waals surface area contributed by atoms with E-state index < -0.39 is 29.9 Å². The Hall–Kier alpha value is -2.55. The van der Waals surface area contributed by atoms with Crippen LogP contribution in [0.1, 0.15) is 12.2 Å². The van der Waals surface area contributed by atoms with Crippen LogP contribution in [0.4, 0.5) is 18.9 Å². The summed E-state index contributed by atoms with van der Waals surface area (Å²) in [5.41, 5.74) is -3.14. The van der Waals surface area contributed by atoms with Gasteiger partial charge in [0.15, 0.2) is 5.82 Å². The first-order chi connectivity index (χ1) is 11.2. The van der Waals surface area contributed by atoms with Crippen molar-refractivity contribution in [3.8, 4) is 5.75 Å². The fourth-order valence-electron chi connectivity index (χ4n) is 2.21. The molecule has 130 valence electrons. The topological polar surface area (TPSA) is 76.4 Å². The molecule has 2 rings (SSSR count). The van der Waals surface area contributed by atoms with Gasteiger partial charge in [0.1, 0.15) is 5.75 Å². The van der Waals surface area contributed by atoms with Crippen molar-refractivity contribution in [1.82, 2.24) is 9.55 Å². The van der Waals surface area contributed by atoms with Crippen molar-refractivity contribution >= 4 is 11.6 Å². The van der Waals surface area contributed by atoms with Crippen molar-refractivity contribution in [3.63, 3.8) is 0 Å². The molecule has 24 heavy (non-hydrogen) atoms. The van der Waals surface area contributed by atoms with Gasteiger partial charge in [-0.15, -0.1) is 0 Å². The van der Waals surface area contributed by atoms with E-state index >= 15 is 0 Å². The highest BCUT2D eigenvalue weighted by molar-refractivity contribution is 5.91. The van der Waals surface area contributed by atoms with Crippen LogP contribution in [0.2, 0.25) is 0 Å². The molecular weight excluding hydrogens is 327 g/mol. The fraction of sp³-hybridized carbons (Fsp3) is 0.333. The van der Waals surface area contributed by atoms with Gasteiger partial charge >= 0.3 is 6.18 Å². The molecule has 0 aliphatic rings. The quantitative estimate of drug-likeness (QED) is 0.873. The first-order valence-electron chi connectivity index (χ1n) is 6.88. The summed E-state index contributed by atoms with van der Waals surface area (Å²) in [6, 6.07) is 6.14.